The second kappa shape index (κ2) is 4.88. The van der Waals surface area contributed by atoms with Crippen LogP contribution in [0.1, 0.15) is 25.7 Å². The maximum absolute atomic E-state index is 12.3. The Morgan fingerprint density at radius 2 is 1.76 bits per heavy atom. The normalized spacial score (nSPS) is 19.4. The van der Waals surface area contributed by atoms with Crippen molar-refractivity contribution in [3.8, 4) is 0 Å². The smallest absolute Gasteiger partial charge is 0.187 e. The number of rotatable bonds is 3. The fourth-order valence-corrected chi connectivity index (χ4v) is 5.13. The van der Waals surface area contributed by atoms with Gasteiger partial charge in [0.2, 0.25) is 0 Å². The molecule has 0 spiro atoms. The van der Waals surface area contributed by atoms with E-state index in [1.807, 2.05) is 0 Å². The summed E-state index contributed by atoms with van der Waals surface area (Å²) in [6, 6.07) is 5.95. The van der Waals surface area contributed by atoms with Gasteiger partial charge in [0.25, 0.3) is 0 Å². The summed E-state index contributed by atoms with van der Waals surface area (Å²) < 4.78 is 44.9. The van der Waals surface area contributed by atoms with E-state index < -0.39 is 26.2 Å². The van der Waals surface area contributed by atoms with Crippen molar-refractivity contribution in [3.05, 3.63) is 24.3 Å². The Balaban J connectivity index is 2.49. The van der Waals surface area contributed by atoms with Crippen LogP contribution in [0, 0.1) is 0 Å². The third kappa shape index (κ3) is 2.43. The number of hydrogen-bond donors (Lipinski definition) is 1. The second-order valence-electron chi connectivity index (χ2n) is 4.15. The topological polar surface area (TPSA) is 71.4 Å². The first-order valence-corrected chi connectivity index (χ1v) is 8.12. The van der Waals surface area contributed by atoms with Gasteiger partial charge in [-0.25, -0.2) is 12.6 Å². The van der Waals surface area contributed by atoms with Gasteiger partial charge in [0.15, 0.2) is 20.9 Å². The van der Waals surface area contributed by atoms with Gasteiger partial charge in [-0.15, -0.1) is 0 Å². The second-order valence-corrected chi connectivity index (χ2v) is 7.28. The van der Waals surface area contributed by atoms with Gasteiger partial charge >= 0.3 is 0 Å². The first-order valence-electron chi connectivity index (χ1n) is 5.47. The summed E-state index contributed by atoms with van der Waals surface area (Å²) in [5.74, 6) is 0. The molecular formula is C11H14O4S2. The van der Waals surface area contributed by atoms with Gasteiger partial charge in [-0.3, -0.25) is 0 Å². The third-order valence-corrected chi connectivity index (χ3v) is 6.26. The van der Waals surface area contributed by atoms with Gasteiger partial charge in [-0.1, -0.05) is 25.0 Å². The zero-order chi connectivity index (χ0) is 12.5. The molecule has 0 amide bonds. The molecule has 2 rings (SSSR count). The standard InChI is InChI=1S/C11H14O4S2/c12-16(13)10-7-3-4-8-11(10)17(14,15)9-5-1-2-6-9/h3-4,7-9H,1-2,5-6H2,(H,12,13). The van der Waals surface area contributed by atoms with E-state index in [1.54, 1.807) is 12.1 Å². The third-order valence-electron chi connectivity index (χ3n) is 3.08. The highest BCUT2D eigenvalue weighted by molar-refractivity contribution is 7.92. The molecule has 1 unspecified atom stereocenters. The van der Waals surface area contributed by atoms with E-state index in [9.17, 15) is 12.6 Å². The molecule has 0 aliphatic heterocycles. The van der Waals surface area contributed by atoms with E-state index in [1.165, 1.54) is 12.1 Å². The zero-order valence-electron chi connectivity index (χ0n) is 9.20. The minimum absolute atomic E-state index is 0.00716. The van der Waals surface area contributed by atoms with Crippen molar-refractivity contribution in [1.29, 1.82) is 0 Å². The molecule has 6 heteroatoms. The summed E-state index contributed by atoms with van der Waals surface area (Å²) in [4.78, 5) is -0.00728. The number of hydrogen-bond acceptors (Lipinski definition) is 3. The Kier molecular flexibility index (Phi) is 3.65. The monoisotopic (exact) mass is 274 g/mol. The lowest BCUT2D eigenvalue weighted by molar-refractivity contribution is 0.555. The average molecular weight is 274 g/mol. The number of sulfone groups is 1. The summed E-state index contributed by atoms with van der Waals surface area (Å²) in [7, 11) is -3.47. The molecule has 1 fully saturated rings. The maximum Gasteiger partial charge on any atom is 0.187 e. The fourth-order valence-electron chi connectivity index (χ4n) is 2.21. The molecule has 1 saturated carbocycles. The van der Waals surface area contributed by atoms with Crippen molar-refractivity contribution in [2.24, 2.45) is 0 Å². The Bertz CT molecular complexity index is 530. The molecule has 1 aromatic rings. The maximum atomic E-state index is 12.3. The van der Waals surface area contributed by atoms with Crippen LogP contribution in [0.2, 0.25) is 0 Å². The van der Waals surface area contributed by atoms with Crippen LogP contribution in [0.5, 0.6) is 0 Å². The molecule has 1 aliphatic carbocycles. The molecule has 1 aromatic carbocycles. The molecule has 0 heterocycles. The molecule has 0 saturated heterocycles. The molecule has 1 N–H and O–H groups in total. The predicted octanol–water partition coefficient (Wildman–Crippen LogP) is 1.98. The van der Waals surface area contributed by atoms with Crippen LogP contribution in [0.25, 0.3) is 0 Å². The van der Waals surface area contributed by atoms with Crippen molar-refractivity contribution in [2.75, 3.05) is 0 Å². The van der Waals surface area contributed by atoms with E-state index in [2.05, 4.69) is 0 Å². The molecular weight excluding hydrogens is 260 g/mol. The molecule has 4 nitrogen and oxygen atoms in total. The van der Waals surface area contributed by atoms with Crippen LogP contribution in [0.4, 0.5) is 0 Å². The van der Waals surface area contributed by atoms with Crippen LogP contribution in [-0.2, 0) is 20.9 Å². The van der Waals surface area contributed by atoms with E-state index >= 15 is 0 Å². The molecule has 17 heavy (non-hydrogen) atoms. The fraction of sp³-hybridized carbons (Fsp3) is 0.455. The molecule has 0 radical (unpaired) electrons. The highest BCUT2D eigenvalue weighted by Crippen LogP contribution is 2.31. The summed E-state index contributed by atoms with van der Waals surface area (Å²) in [5.41, 5.74) is 0. The van der Waals surface area contributed by atoms with Crippen molar-refractivity contribution in [2.45, 2.75) is 40.7 Å². The minimum atomic E-state index is -3.47. The average Bonchev–Trinajstić information content (AvgIpc) is 2.83. The van der Waals surface area contributed by atoms with E-state index in [-0.39, 0.29) is 9.79 Å². The van der Waals surface area contributed by atoms with Crippen molar-refractivity contribution in [1.82, 2.24) is 0 Å². The first-order chi connectivity index (χ1) is 8.03. The largest absolute Gasteiger partial charge is 0.302 e. The summed E-state index contributed by atoms with van der Waals surface area (Å²) in [6.07, 6.45) is 3.12. The van der Waals surface area contributed by atoms with Crippen LogP contribution < -0.4 is 0 Å². The van der Waals surface area contributed by atoms with Crippen LogP contribution in [0.3, 0.4) is 0 Å². The summed E-state index contributed by atoms with van der Waals surface area (Å²) in [6.45, 7) is 0. The van der Waals surface area contributed by atoms with Crippen LogP contribution >= 0.6 is 0 Å². The van der Waals surface area contributed by atoms with Crippen molar-refractivity contribution < 1.29 is 17.2 Å². The van der Waals surface area contributed by atoms with Crippen molar-refractivity contribution >= 4 is 20.9 Å². The van der Waals surface area contributed by atoms with Gasteiger partial charge < -0.3 is 4.55 Å². The van der Waals surface area contributed by atoms with Gasteiger partial charge in [-0.2, -0.15) is 0 Å². The minimum Gasteiger partial charge on any atom is -0.302 e. The lowest BCUT2D eigenvalue weighted by Crippen LogP contribution is -2.19. The van der Waals surface area contributed by atoms with E-state index in [0.717, 1.165) is 12.8 Å². The highest BCUT2D eigenvalue weighted by Gasteiger charge is 2.32. The van der Waals surface area contributed by atoms with Gasteiger partial charge in [0.05, 0.1) is 15.0 Å². The quantitative estimate of drug-likeness (QED) is 0.856. The van der Waals surface area contributed by atoms with Gasteiger partial charge in [0.1, 0.15) is 0 Å². The SMILES string of the molecule is O=S(O)c1ccccc1S(=O)(=O)C1CCCC1. The Morgan fingerprint density at radius 1 is 1.18 bits per heavy atom. The highest BCUT2D eigenvalue weighted by atomic mass is 32.2. The molecule has 0 bridgehead atoms. The van der Waals surface area contributed by atoms with Crippen LogP contribution in [-0.4, -0.2) is 22.4 Å². The zero-order valence-corrected chi connectivity index (χ0v) is 10.8. The molecule has 1 aliphatic rings. The van der Waals surface area contributed by atoms with Crippen molar-refractivity contribution in [3.63, 3.8) is 0 Å². The van der Waals surface area contributed by atoms with E-state index in [4.69, 9.17) is 4.55 Å². The molecule has 0 aromatic heterocycles. The summed E-state index contributed by atoms with van der Waals surface area (Å²) in [5, 5.41) is -0.396. The van der Waals surface area contributed by atoms with E-state index in [0.29, 0.717) is 12.8 Å². The lowest BCUT2D eigenvalue weighted by Gasteiger charge is -2.13. The van der Waals surface area contributed by atoms with Gasteiger partial charge in [-0.05, 0) is 25.0 Å². The lowest BCUT2D eigenvalue weighted by atomic mass is 10.4. The Hall–Kier alpha value is -0.720. The number of benzene rings is 1. The Morgan fingerprint density at radius 3 is 2.35 bits per heavy atom. The first kappa shape index (κ1) is 12.7. The van der Waals surface area contributed by atoms with Gasteiger partial charge in [0, 0.05) is 0 Å². The molecule has 1 atom stereocenters. The van der Waals surface area contributed by atoms with Crippen LogP contribution in [0.15, 0.2) is 34.1 Å². The predicted molar refractivity (Wildman–Crippen MR) is 64.9 cm³/mol. The molecule has 94 valence electrons. The Labute approximate surface area is 103 Å². The summed E-state index contributed by atoms with van der Waals surface area (Å²) >= 11 is -2.27.